The fraction of sp³-hybridized carbons (Fsp3) is 0.562. The Morgan fingerprint density at radius 2 is 2.24 bits per heavy atom. The standard InChI is InChI=1S/C16H24N2O2.ClH/c1-2-20-15-8-4-3-7-14(15)16(19)18-11-9-13-6-5-10-17-12-13;/h3-4,7-8,13,17H,2,5-6,9-12H2,1H3,(H,18,19);1H. The first-order chi connectivity index (χ1) is 9.81. The molecule has 0 spiro atoms. The Morgan fingerprint density at radius 3 is 2.95 bits per heavy atom. The number of amides is 1. The average molecular weight is 313 g/mol. The summed E-state index contributed by atoms with van der Waals surface area (Å²) < 4.78 is 5.48. The second-order valence-electron chi connectivity index (χ2n) is 5.19. The van der Waals surface area contributed by atoms with Gasteiger partial charge >= 0.3 is 0 Å². The fourth-order valence-corrected chi connectivity index (χ4v) is 2.59. The van der Waals surface area contributed by atoms with Gasteiger partial charge in [0.05, 0.1) is 12.2 Å². The van der Waals surface area contributed by atoms with Gasteiger partial charge in [-0.05, 0) is 57.3 Å². The summed E-state index contributed by atoms with van der Waals surface area (Å²) in [6.07, 6.45) is 3.54. The van der Waals surface area contributed by atoms with Crippen molar-refractivity contribution < 1.29 is 9.53 Å². The summed E-state index contributed by atoms with van der Waals surface area (Å²) in [7, 11) is 0. The molecule has 1 saturated heterocycles. The zero-order chi connectivity index (χ0) is 14.2. The van der Waals surface area contributed by atoms with E-state index in [2.05, 4.69) is 10.6 Å². The lowest BCUT2D eigenvalue weighted by Crippen LogP contribution is -2.33. The predicted molar refractivity (Wildman–Crippen MR) is 87.4 cm³/mol. The average Bonchev–Trinajstić information content (AvgIpc) is 2.49. The first-order valence-electron chi connectivity index (χ1n) is 7.52. The van der Waals surface area contributed by atoms with Crippen molar-refractivity contribution in [1.82, 2.24) is 10.6 Å². The SMILES string of the molecule is CCOc1ccccc1C(=O)NCCC1CCCNC1.Cl. The van der Waals surface area contributed by atoms with Gasteiger partial charge < -0.3 is 15.4 Å². The van der Waals surface area contributed by atoms with Gasteiger partial charge in [0.25, 0.3) is 5.91 Å². The molecule has 1 aromatic carbocycles. The highest BCUT2D eigenvalue weighted by atomic mass is 35.5. The molecule has 0 aromatic heterocycles. The third-order valence-electron chi connectivity index (χ3n) is 3.67. The van der Waals surface area contributed by atoms with Crippen LogP contribution in [0.3, 0.4) is 0 Å². The van der Waals surface area contributed by atoms with Crippen molar-refractivity contribution in [2.24, 2.45) is 5.92 Å². The zero-order valence-electron chi connectivity index (χ0n) is 12.6. The van der Waals surface area contributed by atoms with E-state index in [1.807, 2.05) is 31.2 Å². The number of halogens is 1. The van der Waals surface area contributed by atoms with Gasteiger partial charge in [0.2, 0.25) is 0 Å². The molecule has 118 valence electrons. The Kier molecular flexibility index (Phi) is 8.16. The maximum absolute atomic E-state index is 12.2. The smallest absolute Gasteiger partial charge is 0.255 e. The van der Waals surface area contributed by atoms with Crippen LogP contribution in [0.2, 0.25) is 0 Å². The van der Waals surface area contributed by atoms with E-state index in [-0.39, 0.29) is 18.3 Å². The summed E-state index contributed by atoms with van der Waals surface area (Å²) in [5.41, 5.74) is 0.621. The van der Waals surface area contributed by atoms with E-state index in [9.17, 15) is 4.79 Å². The van der Waals surface area contributed by atoms with Crippen LogP contribution < -0.4 is 15.4 Å². The van der Waals surface area contributed by atoms with Gasteiger partial charge in [0, 0.05) is 6.54 Å². The van der Waals surface area contributed by atoms with E-state index in [1.165, 1.54) is 12.8 Å². The summed E-state index contributed by atoms with van der Waals surface area (Å²) in [6, 6.07) is 7.39. The number of hydrogen-bond donors (Lipinski definition) is 2. The summed E-state index contributed by atoms with van der Waals surface area (Å²) in [5, 5.41) is 6.40. The van der Waals surface area contributed by atoms with Crippen molar-refractivity contribution in [3.05, 3.63) is 29.8 Å². The van der Waals surface area contributed by atoms with Gasteiger partial charge in [-0.3, -0.25) is 4.79 Å². The molecule has 1 atom stereocenters. The molecule has 2 N–H and O–H groups in total. The van der Waals surface area contributed by atoms with E-state index >= 15 is 0 Å². The molecule has 1 aliphatic rings. The summed E-state index contributed by atoms with van der Waals surface area (Å²) in [5.74, 6) is 1.30. The molecule has 1 aromatic rings. The Morgan fingerprint density at radius 1 is 1.43 bits per heavy atom. The van der Waals surface area contributed by atoms with E-state index in [4.69, 9.17) is 4.74 Å². The maximum atomic E-state index is 12.2. The number of carbonyl (C=O) groups is 1. The molecule has 1 fully saturated rings. The van der Waals surface area contributed by atoms with Crippen molar-refractivity contribution in [2.45, 2.75) is 26.2 Å². The Bertz CT molecular complexity index is 434. The first-order valence-corrected chi connectivity index (χ1v) is 7.52. The molecule has 0 saturated carbocycles. The molecule has 0 aliphatic carbocycles. The highest BCUT2D eigenvalue weighted by Gasteiger charge is 2.14. The number of carbonyl (C=O) groups excluding carboxylic acids is 1. The molecule has 0 bridgehead atoms. The molecule has 1 unspecified atom stereocenters. The van der Waals surface area contributed by atoms with E-state index < -0.39 is 0 Å². The monoisotopic (exact) mass is 312 g/mol. The van der Waals surface area contributed by atoms with Gasteiger partial charge in [0.15, 0.2) is 0 Å². The second kappa shape index (κ2) is 9.64. The molecule has 1 heterocycles. The van der Waals surface area contributed by atoms with E-state index in [0.717, 1.165) is 26.1 Å². The summed E-state index contributed by atoms with van der Waals surface area (Å²) in [4.78, 5) is 12.2. The van der Waals surface area contributed by atoms with Gasteiger partial charge in [-0.15, -0.1) is 12.4 Å². The van der Waals surface area contributed by atoms with Crippen molar-refractivity contribution in [3.63, 3.8) is 0 Å². The van der Waals surface area contributed by atoms with Gasteiger partial charge in [-0.25, -0.2) is 0 Å². The first kappa shape index (κ1) is 17.8. The van der Waals surface area contributed by atoms with Crippen molar-refractivity contribution in [2.75, 3.05) is 26.2 Å². The molecule has 4 nitrogen and oxygen atoms in total. The van der Waals surface area contributed by atoms with Crippen LogP contribution in [-0.4, -0.2) is 32.1 Å². The van der Waals surface area contributed by atoms with Crippen molar-refractivity contribution in [3.8, 4) is 5.75 Å². The molecular weight excluding hydrogens is 288 g/mol. The van der Waals surface area contributed by atoms with Gasteiger partial charge in [-0.2, -0.15) is 0 Å². The summed E-state index contributed by atoms with van der Waals surface area (Å²) >= 11 is 0. The summed E-state index contributed by atoms with van der Waals surface area (Å²) in [6.45, 7) is 5.42. The lowest BCUT2D eigenvalue weighted by atomic mass is 9.96. The minimum absolute atomic E-state index is 0. The van der Waals surface area contributed by atoms with Crippen LogP contribution in [0.4, 0.5) is 0 Å². The van der Waals surface area contributed by atoms with Crippen LogP contribution in [0.25, 0.3) is 0 Å². The zero-order valence-corrected chi connectivity index (χ0v) is 13.4. The molecule has 21 heavy (non-hydrogen) atoms. The lowest BCUT2D eigenvalue weighted by Gasteiger charge is -2.22. The Balaban J connectivity index is 0.00000220. The van der Waals surface area contributed by atoms with E-state index in [0.29, 0.717) is 23.8 Å². The van der Waals surface area contributed by atoms with Crippen LogP contribution in [0.5, 0.6) is 5.75 Å². The van der Waals surface area contributed by atoms with Crippen LogP contribution in [0.1, 0.15) is 36.5 Å². The van der Waals surface area contributed by atoms with Crippen LogP contribution >= 0.6 is 12.4 Å². The number of benzene rings is 1. The largest absolute Gasteiger partial charge is 0.493 e. The number of nitrogens with one attached hydrogen (secondary N) is 2. The van der Waals surface area contributed by atoms with Crippen LogP contribution in [0, 0.1) is 5.92 Å². The van der Waals surface area contributed by atoms with Crippen molar-refractivity contribution >= 4 is 18.3 Å². The number of ether oxygens (including phenoxy) is 1. The van der Waals surface area contributed by atoms with Crippen LogP contribution in [-0.2, 0) is 0 Å². The molecule has 1 aliphatic heterocycles. The topological polar surface area (TPSA) is 50.4 Å². The minimum Gasteiger partial charge on any atom is -0.493 e. The Hall–Kier alpha value is -1.26. The third-order valence-corrected chi connectivity index (χ3v) is 3.67. The van der Waals surface area contributed by atoms with Gasteiger partial charge in [-0.1, -0.05) is 12.1 Å². The number of hydrogen-bond acceptors (Lipinski definition) is 3. The number of piperidine rings is 1. The second-order valence-corrected chi connectivity index (χ2v) is 5.19. The molecule has 2 rings (SSSR count). The van der Waals surface area contributed by atoms with Gasteiger partial charge in [0.1, 0.15) is 5.75 Å². The molecule has 1 amide bonds. The molecular formula is C16H25ClN2O2. The fourth-order valence-electron chi connectivity index (χ4n) is 2.59. The quantitative estimate of drug-likeness (QED) is 0.849. The molecule has 5 heteroatoms. The highest BCUT2D eigenvalue weighted by Crippen LogP contribution is 2.18. The number of para-hydroxylation sites is 1. The predicted octanol–water partition coefficient (Wildman–Crippen LogP) is 2.63. The third kappa shape index (κ3) is 5.56. The highest BCUT2D eigenvalue weighted by molar-refractivity contribution is 5.96. The maximum Gasteiger partial charge on any atom is 0.255 e. The number of rotatable bonds is 6. The lowest BCUT2D eigenvalue weighted by molar-refractivity contribution is 0.0947. The Labute approximate surface area is 133 Å². The minimum atomic E-state index is -0.0437. The normalized spacial score (nSPS) is 17.7. The molecule has 0 radical (unpaired) electrons. The van der Waals surface area contributed by atoms with Crippen LogP contribution in [0.15, 0.2) is 24.3 Å². The van der Waals surface area contributed by atoms with E-state index in [1.54, 1.807) is 0 Å². The van der Waals surface area contributed by atoms with Crippen molar-refractivity contribution in [1.29, 1.82) is 0 Å².